The van der Waals surface area contributed by atoms with Crippen molar-refractivity contribution in [1.29, 1.82) is 0 Å². The summed E-state index contributed by atoms with van der Waals surface area (Å²) in [4.78, 5) is 22.9. The quantitative estimate of drug-likeness (QED) is 0.152. The number of nitrogens with one attached hydrogen (secondary N) is 1. The first-order valence-electron chi connectivity index (χ1n) is 12.3. The highest BCUT2D eigenvalue weighted by molar-refractivity contribution is 7.92. The van der Waals surface area contributed by atoms with Gasteiger partial charge in [-0.1, -0.05) is 29.8 Å². The molecule has 0 saturated heterocycles. The molecule has 0 bridgehead atoms. The second-order valence-corrected chi connectivity index (χ2v) is 10.7. The van der Waals surface area contributed by atoms with Gasteiger partial charge in [-0.2, -0.15) is 5.10 Å². The number of carbonyl (C=O) groups excluding carboxylic acids is 1. The number of non-ortho nitro benzene ring substituents is 1. The van der Waals surface area contributed by atoms with E-state index < -0.39 is 33.2 Å². The van der Waals surface area contributed by atoms with Crippen LogP contribution >= 0.6 is 0 Å². The maximum Gasteiger partial charge on any atom is 0.269 e. The largest absolute Gasteiger partial charge is 0.489 e. The summed E-state index contributed by atoms with van der Waals surface area (Å²) in [7, 11) is -4.27. The predicted molar refractivity (Wildman–Crippen MR) is 152 cm³/mol. The summed E-state index contributed by atoms with van der Waals surface area (Å²) >= 11 is 0. The molecule has 4 rings (SSSR count). The molecule has 12 heteroatoms. The summed E-state index contributed by atoms with van der Waals surface area (Å²) in [6.07, 6.45) is 1.36. The van der Waals surface area contributed by atoms with Crippen LogP contribution in [0.15, 0.2) is 107 Å². The van der Waals surface area contributed by atoms with E-state index in [1.165, 1.54) is 48.7 Å². The maximum atomic E-state index is 14.6. The molecule has 0 aliphatic heterocycles. The van der Waals surface area contributed by atoms with Gasteiger partial charge in [0.1, 0.15) is 24.7 Å². The Morgan fingerprint density at radius 2 is 1.66 bits per heavy atom. The highest BCUT2D eigenvalue weighted by Crippen LogP contribution is 2.26. The molecule has 0 atom stereocenters. The molecular weight excluding hydrogens is 551 g/mol. The van der Waals surface area contributed by atoms with Gasteiger partial charge in [0, 0.05) is 12.1 Å². The zero-order valence-electron chi connectivity index (χ0n) is 21.8. The number of halogens is 1. The van der Waals surface area contributed by atoms with Gasteiger partial charge in [0.2, 0.25) is 0 Å². The molecule has 0 aromatic heterocycles. The molecule has 4 aromatic rings. The van der Waals surface area contributed by atoms with Crippen LogP contribution in [0.3, 0.4) is 0 Å². The highest BCUT2D eigenvalue weighted by atomic mass is 32.2. The molecule has 0 fully saturated rings. The van der Waals surface area contributed by atoms with Gasteiger partial charge in [-0.15, -0.1) is 0 Å². The van der Waals surface area contributed by atoms with Crippen LogP contribution in [-0.4, -0.2) is 32.0 Å². The minimum absolute atomic E-state index is 0.00249. The number of nitro groups is 1. The van der Waals surface area contributed by atoms with Gasteiger partial charge in [-0.05, 0) is 78.7 Å². The van der Waals surface area contributed by atoms with Crippen molar-refractivity contribution < 1.29 is 27.3 Å². The van der Waals surface area contributed by atoms with E-state index in [9.17, 15) is 27.7 Å². The van der Waals surface area contributed by atoms with Crippen LogP contribution in [0.2, 0.25) is 0 Å². The lowest BCUT2D eigenvalue weighted by molar-refractivity contribution is -0.384. The molecule has 210 valence electrons. The van der Waals surface area contributed by atoms with Crippen LogP contribution < -0.4 is 14.5 Å². The van der Waals surface area contributed by atoms with Crippen LogP contribution in [0.5, 0.6) is 5.75 Å². The van der Waals surface area contributed by atoms with Gasteiger partial charge >= 0.3 is 0 Å². The van der Waals surface area contributed by atoms with E-state index in [2.05, 4.69) is 10.5 Å². The molecule has 0 unspecified atom stereocenters. The molecule has 1 N–H and O–H groups in total. The van der Waals surface area contributed by atoms with Crippen molar-refractivity contribution in [2.24, 2.45) is 5.10 Å². The number of sulfonamides is 1. The van der Waals surface area contributed by atoms with Gasteiger partial charge in [0.25, 0.3) is 21.6 Å². The predicted octanol–water partition coefficient (Wildman–Crippen LogP) is 4.97. The summed E-state index contributed by atoms with van der Waals surface area (Å²) in [6, 6.07) is 24.1. The van der Waals surface area contributed by atoms with Crippen molar-refractivity contribution in [1.82, 2.24) is 5.43 Å². The van der Waals surface area contributed by atoms with Crippen LogP contribution in [0.4, 0.5) is 15.8 Å². The Bertz CT molecular complexity index is 1660. The number of rotatable bonds is 11. The van der Waals surface area contributed by atoms with Gasteiger partial charge in [0.15, 0.2) is 0 Å². The number of nitro benzene ring substituents is 1. The van der Waals surface area contributed by atoms with E-state index in [0.717, 1.165) is 17.2 Å². The molecule has 41 heavy (non-hydrogen) atoms. The fraction of sp³-hybridized carbons (Fsp3) is 0.103. The second kappa shape index (κ2) is 12.8. The van der Waals surface area contributed by atoms with Crippen LogP contribution in [0.1, 0.15) is 16.7 Å². The number of hydrazone groups is 1. The third-order valence-corrected chi connectivity index (χ3v) is 7.63. The molecule has 10 nitrogen and oxygen atoms in total. The van der Waals surface area contributed by atoms with Crippen molar-refractivity contribution >= 4 is 33.5 Å². The smallest absolute Gasteiger partial charge is 0.269 e. The summed E-state index contributed by atoms with van der Waals surface area (Å²) in [5, 5.41) is 14.6. The van der Waals surface area contributed by atoms with E-state index in [1.807, 2.05) is 0 Å². The first-order valence-corrected chi connectivity index (χ1v) is 13.7. The average molecular weight is 577 g/mol. The average Bonchev–Trinajstić information content (AvgIpc) is 2.96. The Morgan fingerprint density at radius 1 is 1.00 bits per heavy atom. The minimum Gasteiger partial charge on any atom is -0.489 e. The third-order valence-electron chi connectivity index (χ3n) is 5.85. The van der Waals surface area contributed by atoms with Crippen molar-refractivity contribution in [3.8, 4) is 5.75 Å². The van der Waals surface area contributed by atoms with Crippen LogP contribution in [0, 0.1) is 22.9 Å². The van der Waals surface area contributed by atoms with Gasteiger partial charge in [0.05, 0.1) is 21.7 Å². The lowest BCUT2D eigenvalue weighted by atomic mass is 10.2. The van der Waals surface area contributed by atoms with Gasteiger partial charge < -0.3 is 4.74 Å². The van der Waals surface area contributed by atoms with E-state index in [4.69, 9.17) is 4.74 Å². The fourth-order valence-electron chi connectivity index (χ4n) is 3.67. The van der Waals surface area contributed by atoms with Crippen molar-refractivity contribution in [3.63, 3.8) is 0 Å². The Hall–Kier alpha value is -5.10. The molecule has 4 aromatic carbocycles. The number of carbonyl (C=O) groups is 1. The lowest BCUT2D eigenvalue weighted by Crippen LogP contribution is -2.40. The summed E-state index contributed by atoms with van der Waals surface area (Å²) < 4.78 is 47.7. The standard InChI is InChI=1S/C29H25FN4O6S/c1-21-6-16-26(17-7-21)41(38,39)33(28-5-3-2-4-27(28)30)19-29(35)32-31-18-22-10-14-25(15-11-22)40-20-23-8-12-24(13-9-23)34(36)37/h2-18H,19-20H2,1H3,(H,32,35)/b31-18+. The molecular formula is C29H25FN4O6S. The molecule has 0 aliphatic carbocycles. The number of anilines is 1. The van der Waals surface area contributed by atoms with Crippen molar-refractivity contribution in [2.45, 2.75) is 18.4 Å². The summed E-state index contributed by atoms with van der Waals surface area (Å²) in [5.74, 6) is -1.02. The maximum absolute atomic E-state index is 14.6. The number of hydrogen-bond acceptors (Lipinski definition) is 7. The molecule has 1 amide bonds. The number of para-hydroxylation sites is 1. The molecule has 0 radical (unpaired) electrons. The third kappa shape index (κ3) is 7.51. The number of ether oxygens (including phenoxy) is 1. The topological polar surface area (TPSA) is 131 Å². The Labute approximate surface area is 235 Å². The SMILES string of the molecule is Cc1ccc(S(=O)(=O)N(CC(=O)N/N=C/c2ccc(OCc3ccc([N+](=O)[O-])cc3)cc2)c2ccccc2F)cc1. The second-order valence-electron chi connectivity index (χ2n) is 8.85. The lowest BCUT2D eigenvalue weighted by Gasteiger charge is -2.24. The molecule has 0 saturated carbocycles. The zero-order valence-corrected chi connectivity index (χ0v) is 22.6. The van der Waals surface area contributed by atoms with Gasteiger partial charge in [-0.25, -0.2) is 18.2 Å². The molecule has 0 heterocycles. The van der Waals surface area contributed by atoms with E-state index in [-0.39, 0.29) is 22.9 Å². The number of amides is 1. The number of aryl methyl sites for hydroxylation is 1. The number of nitrogens with zero attached hydrogens (tertiary/aromatic N) is 3. The Balaban J connectivity index is 1.38. The van der Waals surface area contributed by atoms with Crippen molar-refractivity contribution in [2.75, 3.05) is 10.8 Å². The first-order chi connectivity index (χ1) is 19.6. The van der Waals surface area contributed by atoms with E-state index in [1.54, 1.807) is 55.5 Å². The number of hydrogen-bond donors (Lipinski definition) is 1. The first kappa shape index (κ1) is 28.9. The fourth-order valence-corrected chi connectivity index (χ4v) is 5.10. The van der Waals surface area contributed by atoms with E-state index >= 15 is 0 Å². The Morgan fingerprint density at radius 3 is 2.29 bits per heavy atom. The summed E-state index contributed by atoms with van der Waals surface area (Å²) in [6.45, 7) is 1.31. The monoisotopic (exact) mass is 576 g/mol. The highest BCUT2D eigenvalue weighted by Gasteiger charge is 2.29. The normalized spacial score (nSPS) is 11.3. The minimum atomic E-state index is -4.27. The van der Waals surface area contributed by atoms with Crippen LogP contribution in [-0.2, 0) is 21.4 Å². The summed E-state index contributed by atoms with van der Waals surface area (Å²) in [5.41, 5.74) is 4.23. The number of benzene rings is 4. The van der Waals surface area contributed by atoms with E-state index in [0.29, 0.717) is 15.6 Å². The van der Waals surface area contributed by atoms with Crippen LogP contribution in [0.25, 0.3) is 0 Å². The molecule has 0 spiro atoms. The van der Waals surface area contributed by atoms with Gasteiger partial charge in [-0.3, -0.25) is 19.2 Å². The molecule has 0 aliphatic rings. The Kier molecular flexibility index (Phi) is 9.05. The van der Waals surface area contributed by atoms with Crippen molar-refractivity contribution in [3.05, 3.63) is 130 Å². The zero-order chi connectivity index (χ0) is 29.4.